The Morgan fingerprint density at radius 3 is 2.12 bits per heavy atom. The van der Waals surface area contributed by atoms with Crippen LogP contribution >= 0.6 is 11.3 Å². The van der Waals surface area contributed by atoms with Crippen LogP contribution in [-0.2, 0) is 33.3 Å². The van der Waals surface area contributed by atoms with Crippen molar-refractivity contribution in [3.63, 3.8) is 0 Å². The van der Waals surface area contributed by atoms with E-state index < -0.39 is 5.97 Å². The summed E-state index contributed by atoms with van der Waals surface area (Å²) in [4.78, 5) is 24.1. The molecule has 0 N–H and O–H groups in total. The fourth-order valence-electron chi connectivity index (χ4n) is 3.72. The largest absolute Gasteiger partial charge is 0.463 e. The molecule has 2 aromatic rings. The Bertz CT molecular complexity index is 1270. The number of aldehydes is 1. The number of nitriles is 2. The van der Waals surface area contributed by atoms with E-state index in [1.54, 1.807) is 6.92 Å². The first-order chi connectivity index (χ1) is 20.9. The molecule has 0 aliphatic carbocycles. The van der Waals surface area contributed by atoms with Gasteiger partial charge in [0.1, 0.15) is 29.9 Å². The lowest BCUT2D eigenvalue weighted by atomic mass is 10.1. The van der Waals surface area contributed by atoms with Gasteiger partial charge in [-0.1, -0.05) is 0 Å². The van der Waals surface area contributed by atoms with Crippen molar-refractivity contribution in [2.75, 3.05) is 77.5 Å². The number of hydrogen-bond donors (Lipinski definition) is 0. The smallest absolute Gasteiger partial charge is 0.306 e. The van der Waals surface area contributed by atoms with E-state index in [9.17, 15) is 20.1 Å². The number of carbonyl (C=O) groups is 2. The summed E-state index contributed by atoms with van der Waals surface area (Å²) in [5.41, 5.74) is 3.72. The van der Waals surface area contributed by atoms with E-state index in [0.29, 0.717) is 79.2 Å². The van der Waals surface area contributed by atoms with Crippen molar-refractivity contribution in [3.8, 4) is 12.1 Å². The predicted molar refractivity (Wildman–Crippen MR) is 161 cm³/mol. The van der Waals surface area contributed by atoms with Gasteiger partial charge in [0.2, 0.25) is 0 Å². The van der Waals surface area contributed by atoms with Crippen LogP contribution in [0.15, 0.2) is 28.4 Å². The first-order valence-corrected chi connectivity index (χ1v) is 14.9. The van der Waals surface area contributed by atoms with Crippen LogP contribution in [0.1, 0.15) is 41.3 Å². The molecule has 0 atom stereocenters. The standard InChI is InChI=1S/C30H39N5O7S/c1-4-35(9-11-38-12-13-39-14-15-40-16-17-41-18-19-42-29(37)6-5-10-36)25-7-8-27(23(2)20-25)33-34-30-26(21-31)24(3)28(22-32)43-30/h7-8,10,20H,4-6,9,11-19H2,1-3H3. The average Bonchev–Trinajstić information content (AvgIpc) is 3.33. The summed E-state index contributed by atoms with van der Waals surface area (Å²) in [6, 6.07) is 10.1. The minimum Gasteiger partial charge on any atom is -0.463 e. The summed E-state index contributed by atoms with van der Waals surface area (Å²) in [5, 5.41) is 27.7. The Labute approximate surface area is 256 Å². The average molecular weight is 614 g/mol. The third kappa shape index (κ3) is 13.0. The highest BCUT2D eigenvalue weighted by Gasteiger charge is 2.15. The van der Waals surface area contributed by atoms with E-state index in [1.807, 2.05) is 25.1 Å². The van der Waals surface area contributed by atoms with Gasteiger partial charge in [-0.15, -0.1) is 21.6 Å². The zero-order valence-corrected chi connectivity index (χ0v) is 25.8. The molecule has 0 saturated carbocycles. The molecule has 0 aliphatic heterocycles. The number of benzene rings is 1. The quantitative estimate of drug-likeness (QED) is 0.0771. The molecule has 1 aromatic carbocycles. The molecule has 0 unspecified atom stereocenters. The van der Waals surface area contributed by atoms with E-state index in [0.717, 1.165) is 24.3 Å². The number of nitrogens with zero attached hydrogens (tertiary/aromatic N) is 5. The van der Waals surface area contributed by atoms with E-state index in [4.69, 9.17) is 23.7 Å². The molecule has 232 valence electrons. The molecule has 0 saturated heterocycles. The van der Waals surface area contributed by atoms with E-state index in [2.05, 4.69) is 34.2 Å². The molecule has 1 heterocycles. The molecule has 1 aromatic heterocycles. The lowest BCUT2D eigenvalue weighted by Crippen LogP contribution is -2.27. The maximum Gasteiger partial charge on any atom is 0.306 e. The van der Waals surface area contributed by atoms with Crippen molar-refractivity contribution < 1.29 is 33.3 Å². The predicted octanol–water partition coefficient (Wildman–Crippen LogP) is 4.94. The minimum atomic E-state index is -0.406. The fourth-order valence-corrected chi connectivity index (χ4v) is 4.60. The monoisotopic (exact) mass is 613 g/mol. The number of rotatable bonds is 22. The maximum atomic E-state index is 11.2. The lowest BCUT2D eigenvalue weighted by molar-refractivity contribution is -0.145. The van der Waals surface area contributed by atoms with Crippen LogP contribution in [-0.4, -0.2) is 84.8 Å². The normalized spacial score (nSPS) is 10.9. The number of hydrogen-bond acceptors (Lipinski definition) is 13. The second kappa shape index (κ2) is 21.0. The van der Waals surface area contributed by atoms with Crippen LogP contribution in [0.4, 0.5) is 16.4 Å². The van der Waals surface area contributed by atoms with Gasteiger partial charge in [0.05, 0.1) is 70.5 Å². The number of carbonyl (C=O) groups excluding carboxylic acids is 2. The zero-order valence-electron chi connectivity index (χ0n) is 25.0. The van der Waals surface area contributed by atoms with Gasteiger partial charge in [0.15, 0.2) is 5.00 Å². The molecule has 2 rings (SSSR count). The molecular formula is C30H39N5O7S. The molecular weight excluding hydrogens is 574 g/mol. The Kier molecular flexibility index (Phi) is 17.4. The first kappa shape index (κ1) is 35.5. The summed E-state index contributed by atoms with van der Waals surface area (Å²) in [6.45, 7) is 10.9. The zero-order chi connectivity index (χ0) is 31.3. The number of likely N-dealkylation sites (N-methyl/N-ethyl adjacent to an activating group) is 1. The highest BCUT2D eigenvalue weighted by molar-refractivity contribution is 7.16. The van der Waals surface area contributed by atoms with Gasteiger partial charge in [0, 0.05) is 25.2 Å². The molecule has 0 fully saturated rings. The highest BCUT2D eigenvalue weighted by Crippen LogP contribution is 2.36. The van der Waals surface area contributed by atoms with Crippen LogP contribution in [0.5, 0.6) is 0 Å². The number of ether oxygens (including phenoxy) is 5. The SMILES string of the molecule is CCN(CCOCCOCCOCCOCCOC(=O)CCC=O)c1ccc(N=Nc2sc(C#N)c(C)c2C#N)c(C)c1. The number of azo groups is 1. The van der Waals surface area contributed by atoms with E-state index >= 15 is 0 Å². The Morgan fingerprint density at radius 1 is 0.930 bits per heavy atom. The number of thiophene rings is 1. The van der Waals surface area contributed by atoms with Crippen molar-refractivity contribution >= 4 is 40.0 Å². The van der Waals surface area contributed by atoms with Crippen molar-refractivity contribution in [2.24, 2.45) is 10.2 Å². The molecule has 0 radical (unpaired) electrons. The molecule has 0 aliphatic rings. The Hall–Kier alpha value is -3.72. The summed E-state index contributed by atoms with van der Waals surface area (Å²) in [7, 11) is 0. The third-order valence-electron chi connectivity index (χ3n) is 6.10. The summed E-state index contributed by atoms with van der Waals surface area (Å²) in [6.07, 6.45) is 0.945. The van der Waals surface area contributed by atoms with E-state index in [-0.39, 0.29) is 26.1 Å². The van der Waals surface area contributed by atoms with Crippen LogP contribution in [0.25, 0.3) is 0 Å². The van der Waals surface area contributed by atoms with Gasteiger partial charge in [0.25, 0.3) is 0 Å². The number of esters is 1. The summed E-state index contributed by atoms with van der Waals surface area (Å²) >= 11 is 1.17. The molecule has 43 heavy (non-hydrogen) atoms. The van der Waals surface area contributed by atoms with Crippen molar-refractivity contribution in [1.82, 2.24) is 0 Å². The van der Waals surface area contributed by atoms with Gasteiger partial charge in [-0.05, 0) is 50.1 Å². The van der Waals surface area contributed by atoms with Gasteiger partial charge in [-0.25, -0.2) is 0 Å². The van der Waals surface area contributed by atoms with Crippen molar-refractivity contribution in [3.05, 3.63) is 39.8 Å². The first-order valence-electron chi connectivity index (χ1n) is 14.1. The molecule has 13 heteroatoms. The van der Waals surface area contributed by atoms with Crippen molar-refractivity contribution in [2.45, 2.75) is 33.6 Å². The molecule has 12 nitrogen and oxygen atoms in total. The van der Waals surface area contributed by atoms with Gasteiger partial charge >= 0.3 is 5.97 Å². The lowest BCUT2D eigenvalue weighted by Gasteiger charge is -2.23. The minimum absolute atomic E-state index is 0.0927. The molecule has 0 bridgehead atoms. The summed E-state index contributed by atoms with van der Waals surface area (Å²) in [5.74, 6) is -0.406. The topological polar surface area (TPSA) is 156 Å². The maximum absolute atomic E-state index is 11.2. The van der Waals surface area contributed by atoms with Crippen LogP contribution in [0.2, 0.25) is 0 Å². The summed E-state index contributed by atoms with van der Waals surface area (Å²) < 4.78 is 26.9. The second-order valence-corrected chi connectivity index (χ2v) is 10.1. The van der Waals surface area contributed by atoms with Crippen LogP contribution in [0.3, 0.4) is 0 Å². The van der Waals surface area contributed by atoms with Crippen LogP contribution < -0.4 is 4.90 Å². The molecule has 0 amide bonds. The third-order valence-corrected chi connectivity index (χ3v) is 7.18. The van der Waals surface area contributed by atoms with E-state index in [1.165, 1.54) is 11.3 Å². The van der Waals surface area contributed by atoms with Gasteiger partial charge in [-0.2, -0.15) is 10.5 Å². The molecule has 0 spiro atoms. The van der Waals surface area contributed by atoms with Crippen molar-refractivity contribution in [1.29, 1.82) is 10.5 Å². The number of aryl methyl sites for hydroxylation is 1. The second-order valence-electron chi connectivity index (χ2n) is 9.09. The highest BCUT2D eigenvalue weighted by atomic mass is 32.1. The van der Waals surface area contributed by atoms with Gasteiger partial charge in [-0.3, -0.25) is 4.79 Å². The number of anilines is 1. The Morgan fingerprint density at radius 2 is 1.56 bits per heavy atom. The van der Waals surface area contributed by atoms with Crippen LogP contribution in [0, 0.1) is 36.5 Å². The Balaban J connectivity index is 1.58. The fraction of sp³-hybridized carbons (Fsp3) is 0.533. The van der Waals surface area contributed by atoms with Gasteiger partial charge < -0.3 is 33.4 Å².